The van der Waals surface area contributed by atoms with Crippen LogP contribution in [0.25, 0.3) is 22.3 Å². The highest BCUT2D eigenvalue weighted by molar-refractivity contribution is 5.81. The number of benzene rings is 2. The van der Waals surface area contributed by atoms with E-state index in [9.17, 15) is 5.11 Å². The summed E-state index contributed by atoms with van der Waals surface area (Å²) >= 11 is 0. The highest BCUT2D eigenvalue weighted by Crippen LogP contribution is 2.21. The van der Waals surface area contributed by atoms with Crippen molar-refractivity contribution in [3.8, 4) is 11.4 Å². The van der Waals surface area contributed by atoms with Crippen molar-refractivity contribution in [3.63, 3.8) is 0 Å². The topological polar surface area (TPSA) is 70.9 Å². The zero-order valence-electron chi connectivity index (χ0n) is 14.1. The summed E-state index contributed by atoms with van der Waals surface area (Å²) in [7, 11) is 0. The first-order valence-corrected chi connectivity index (χ1v) is 8.45. The van der Waals surface area contributed by atoms with Gasteiger partial charge in [0.15, 0.2) is 0 Å². The van der Waals surface area contributed by atoms with E-state index in [1.807, 2.05) is 72.8 Å². The van der Waals surface area contributed by atoms with Crippen molar-refractivity contribution in [2.45, 2.75) is 6.10 Å². The summed E-state index contributed by atoms with van der Waals surface area (Å²) in [6.45, 7) is 0.367. The molecule has 4 rings (SSSR count). The molecule has 26 heavy (non-hydrogen) atoms. The van der Waals surface area contributed by atoms with Gasteiger partial charge in [-0.05, 0) is 17.7 Å². The minimum absolute atomic E-state index is 0.367. The second-order valence-electron chi connectivity index (χ2n) is 5.99. The SMILES string of the molecule is OC(CNc1cc(-c2ccc3ccccc3n2)ncn1)c1ccccc1. The first-order chi connectivity index (χ1) is 12.8. The minimum Gasteiger partial charge on any atom is -0.387 e. The van der Waals surface area contributed by atoms with E-state index in [4.69, 9.17) is 0 Å². The van der Waals surface area contributed by atoms with Gasteiger partial charge in [0.2, 0.25) is 0 Å². The van der Waals surface area contributed by atoms with Crippen molar-refractivity contribution >= 4 is 16.7 Å². The molecule has 0 amide bonds. The van der Waals surface area contributed by atoms with Crippen molar-refractivity contribution in [2.75, 3.05) is 11.9 Å². The number of pyridine rings is 1. The van der Waals surface area contributed by atoms with Crippen LogP contribution >= 0.6 is 0 Å². The molecule has 1 atom stereocenters. The third-order valence-corrected chi connectivity index (χ3v) is 4.19. The Balaban J connectivity index is 1.52. The molecule has 5 heteroatoms. The number of aromatic nitrogens is 3. The highest BCUT2D eigenvalue weighted by atomic mass is 16.3. The lowest BCUT2D eigenvalue weighted by molar-refractivity contribution is 0.191. The Bertz CT molecular complexity index is 1020. The largest absolute Gasteiger partial charge is 0.387 e. The van der Waals surface area contributed by atoms with E-state index >= 15 is 0 Å². The van der Waals surface area contributed by atoms with Crippen LogP contribution in [0.2, 0.25) is 0 Å². The van der Waals surface area contributed by atoms with E-state index in [0.29, 0.717) is 12.4 Å². The maximum absolute atomic E-state index is 10.3. The van der Waals surface area contributed by atoms with Crippen molar-refractivity contribution < 1.29 is 5.11 Å². The molecule has 1 unspecified atom stereocenters. The van der Waals surface area contributed by atoms with Crippen LogP contribution in [0.4, 0.5) is 5.82 Å². The molecule has 2 N–H and O–H groups in total. The number of hydrogen-bond donors (Lipinski definition) is 2. The molecule has 5 nitrogen and oxygen atoms in total. The fourth-order valence-electron chi connectivity index (χ4n) is 2.80. The van der Waals surface area contributed by atoms with Crippen LogP contribution in [0.5, 0.6) is 0 Å². The van der Waals surface area contributed by atoms with Gasteiger partial charge in [0.05, 0.1) is 23.0 Å². The lowest BCUT2D eigenvalue weighted by atomic mass is 10.1. The predicted octanol–water partition coefficient (Wildman–Crippen LogP) is 3.84. The molecule has 0 saturated heterocycles. The van der Waals surface area contributed by atoms with Gasteiger partial charge >= 0.3 is 0 Å². The Morgan fingerprint density at radius 2 is 1.65 bits per heavy atom. The first-order valence-electron chi connectivity index (χ1n) is 8.45. The quantitative estimate of drug-likeness (QED) is 0.577. The Labute approximate surface area is 151 Å². The van der Waals surface area contributed by atoms with Crippen LogP contribution in [0, 0.1) is 0 Å². The van der Waals surface area contributed by atoms with Crippen LogP contribution in [0.15, 0.2) is 79.1 Å². The number of nitrogens with zero attached hydrogens (tertiary/aromatic N) is 3. The Kier molecular flexibility index (Phi) is 4.53. The standard InChI is InChI=1S/C21H18N4O/c26-20(16-7-2-1-3-8-16)13-22-21-12-19(23-14-24-21)18-11-10-15-6-4-5-9-17(15)25-18/h1-12,14,20,26H,13H2,(H,22,23,24). The molecular weight excluding hydrogens is 324 g/mol. The number of nitrogens with one attached hydrogen (secondary N) is 1. The monoisotopic (exact) mass is 342 g/mol. The normalized spacial score (nSPS) is 12.0. The number of aliphatic hydroxyl groups is 1. The van der Waals surface area contributed by atoms with Crippen LogP contribution < -0.4 is 5.32 Å². The molecule has 0 radical (unpaired) electrons. The van der Waals surface area contributed by atoms with Crippen LogP contribution in [0.1, 0.15) is 11.7 Å². The Morgan fingerprint density at radius 3 is 2.54 bits per heavy atom. The van der Waals surface area contributed by atoms with E-state index in [2.05, 4.69) is 20.3 Å². The summed E-state index contributed by atoms with van der Waals surface area (Å²) in [5.74, 6) is 0.653. The second kappa shape index (κ2) is 7.29. The van der Waals surface area contributed by atoms with E-state index < -0.39 is 6.10 Å². The van der Waals surface area contributed by atoms with E-state index in [1.54, 1.807) is 0 Å². The lowest BCUT2D eigenvalue weighted by Crippen LogP contribution is -2.13. The lowest BCUT2D eigenvalue weighted by Gasteiger charge is -2.13. The van der Waals surface area contributed by atoms with Gasteiger partial charge in [-0.1, -0.05) is 54.6 Å². The molecule has 0 saturated carbocycles. The van der Waals surface area contributed by atoms with Crippen molar-refractivity contribution in [1.82, 2.24) is 15.0 Å². The number of anilines is 1. The smallest absolute Gasteiger partial charge is 0.130 e. The summed E-state index contributed by atoms with van der Waals surface area (Å²) in [5, 5.41) is 14.5. The zero-order valence-corrected chi connectivity index (χ0v) is 14.1. The molecule has 2 aromatic carbocycles. The van der Waals surface area contributed by atoms with Crippen LogP contribution in [-0.2, 0) is 0 Å². The van der Waals surface area contributed by atoms with Crippen LogP contribution in [0.3, 0.4) is 0 Å². The molecule has 2 aromatic heterocycles. The number of hydrogen-bond acceptors (Lipinski definition) is 5. The van der Waals surface area contributed by atoms with Gasteiger partial charge in [0, 0.05) is 18.0 Å². The summed E-state index contributed by atoms with van der Waals surface area (Å²) in [6.07, 6.45) is 0.900. The molecule has 4 aromatic rings. The highest BCUT2D eigenvalue weighted by Gasteiger charge is 2.08. The van der Waals surface area contributed by atoms with Gasteiger partial charge in [-0.25, -0.2) is 15.0 Å². The number of rotatable bonds is 5. The van der Waals surface area contributed by atoms with Gasteiger partial charge < -0.3 is 10.4 Å². The number of fused-ring (bicyclic) bond motifs is 1. The van der Waals surface area contributed by atoms with Crippen LogP contribution in [-0.4, -0.2) is 26.6 Å². The molecule has 128 valence electrons. The van der Waals surface area contributed by atoms with Crippen molar-refractivity contribution in [3.05, 3.63) is 84.7 Å². The second-order valence-corrected chi connectivity index (χ2v) is 5.99. The molecular formula is C21H18N4O. The third kappa shape index (κ3) is 3.53. The van der Waals surface area contributed by atoms with E-state index in [-0.39, 0.29) is 0 Å². The van der Waals surface area contributed by atoms with E-state index in [0.717, 1.165) is 27.9 Å². The number of aliphatic hydroxyl groups excluding tert-OH is 1. The van der Waals surface area contributed by atoms with Gasteiger partial charge in [0.1, 0.15) is 12.1 Å². The maximum atomic E-state index is 10.3. The molecule has 0 spiro atoms. The number of para-hydroxylation sites is 1. The summed E-state index contributed by atoms with van der Waals surface area (Å²) in [6, 6.07) is 23.4. The fraction of sp³-hybridized carbons (Fsp3) is 0.0952. The summed E-state index contributed by atoms with van der Waals surface area (Å²) < 4.78 is 0. The molecule has 0 aliphatic carbocycles. The average molecular weight is 342 g/mol. The molecule has 0 bridgehead atoms. The average Bonchev–Trinajstić information content (AvgIpc) is 2.72. The molecule has 0 aliphatic rings. The van der Waals surface area contributed by atoms with Gasteiger partial charge in [-0.2, -0.15) is 0 Å². The summed E-state index contributed by atoms with van der Waals surface area (Å²) in [5.41, 5.74) is 3.32. The Hall–Kier alpha value is -3.31. The molecule has 0 aliphatic heterocycles. The molecule has 0 fully saturated rings. The maximum Gasteiger partial charge on any atom is 0.130 e. The van der Waals surface area contributed by atoms with Gasteiger partial charge in [0.25, 0.3) is 0 Å². The van der Waals surface area contributed by atoms with Gasteiger partial charge in [-0.15, -0.1) is 0 Å². The summed E-state index contributed by atoms with van der Waals surface area (Å²) in [4.78, 5) is 13.2. The first kappa shape index (κ1) is 16.2. The zero-order chi connectivity index (χ0) is 17.8. The van der Waals surface area contributed by atoms with Crippen molar-refractivity contribution in [1.29, 1.82) is 0 Å². The van der Waals surface area contributed by atoms with Gasteiger partial charge in [-0.3, -0.25) is 0 Å². The minimum atomic E-state index is -0.603. The van der Waals surface area contributed by atoms with Crippen molar-refractivity contribution in [2.24, 2.45) is 0 Å². The Morgan fingerprint density at radius 1 is 0.846 bits per heavy atom. The molecule has 2 heterocycles. The predicted molar refractivity (Wildman–Crippen MR) is 103 cm³/mol. The fourth-order valence-corrected chi connectivity index (χ4v) is 2.80. The third-order valence-electron chi connectivity index (χ3n) is 4.19. The van der Waals surface area contributed by atoms with E-state index in [1.165, 1.54) is 6.33 Å².